The fourth-order valence-electron chi connectivity index (χ4n) is 2.17. The summed E-state index contributed by atoms with van der Waals surface area (Å²) in [6, 6.07) is 0. The highest BCUT2D eigenvalue weighted by atomic mass is 127. The molecule has 6 nitrogen and oxygen atoms in total. The number of hydrogen-bond acceptors (Lipinski definition) is 5. The molecule has 120 valence electrons. The van der Waals surface area contributed by atoms with Crippen molar-refractivity contribution in [3.63, 3.8) is 0 Å². The van der Waals surface area contributed by atoms with E-state index in [1.54, 1.807) is 6.92 Å². The largest absolute Gasteiger partial charge is 0.349 e. The molecule has 2 heterocycles. The van der Waals surface area contributed by atoms with Crippen molar-refractivity contribution < 1.29 is 4.52 Å². The second-order valence-electron chi connectivity index (χ2n) is 5.23. The van der Waals surface area contributed by atoms with Crippen LogP contribution in [0.3, 0.4) is 0 Å². The third-order valence-electron chi connectivity index (χ3n) is 3.32. The molecule has 1 saturated heterocycles. The topological polar surface area (TPSA) is 66.5 Å². The summed E-state index contributed by atoms with van der Waals surface area (Å²) in [7, 11) is 1.82. The number of aryl methyl sites for hydroxylation is 1. The summed E-state index contributed by atoms with van der Waals surface area (Å²) in [6.45, 7) is 8.95. The van der Waals surface area contributed by atoms with Crippen molar-refractivity contribution in [2.75, 3.05) is 25.9 Å². The van der Waals surface area contributed by atoms with Gasteiger partial charge in [0.05, 0.1) is 6.54 Å². The minimum atomic E-state index is 0. The normalized spacial score (nSPS) is 19.6. The van der Waals surface area contributed by atoms with Gasteiger partial charge in [0.2, 0.25) is 5.89 Å². The van der Waals surface area contributed by atoms with E-state index < -0.39 is 0 Å². The molecule has 1 unspecified atom stereocenters. The zero-order valence-electron chi connectivity index (χ0n) is 13.0. The summed E-state index contributed by atoms with van der Waals surface area (Å²) in [5.41, 5.74) is 0. The van der Waals surface area contributed by atoms with Crippen LogP contribution >= 0.6 is 35.7 Å². The third kappa shape index (κ3) is 5.32. The SMILES string of the molecule is CN=C(NCc1noc(C)n1)N1CCSC(C(C)C)C1.I. The van der Waals surface area contributed by atoms with Crippen LogP contribution in [0.25, 0.3) is 0 Å². The highest BCUT2D eigenvalue weighted by Gasteiger charge is 2.24. The van der Waals surface area contributed by atoms with Gasteiger partial charge < -0.3 is 14.7 Å². The summed E-state index contributed by atoms with van der Waals surface area (Å²) >= 11 is 2.06. The van der Waals surface area contributed by atoms with E-state index in [1.165, 1.54) is 0 Å². The quantitative estimate of drug-likeness (QED) is 0.455. The van der Waals surface area contributed by atoms with E-state index in [-0.39, 0.29) is 24.0 Å². The maximum atomic E-state index is 4.97. The van der Waals surface area contributed by atoms with Gasteiger partial charge in [-0.3, -0.25) is 4.99 Å². The number of aromatic nitrogens is 2. The van der Waals surface area contributed by atoms with Gasteiger partial charge in [0.15, 0.2) is 11.8 Å². The van der Waals surface area contributed by atoms with E-state index in [1.807, 2.05) is 7.05 Å². The van der Waals surface area contributed by atoms with Gasteiger partial charge >= 0.3 is 0 Å². The molecule has 0 bridgehead atoms. The molecule has 0 saturated carbocycles. The molecule has 0 spiro atoms. The lowest BCUT2D eigenvalue weighted by Crippen LogP contribution is -2.48. The van der Waals surface area contributed by atoms with Crippen LogP contribution in [0.5, 0.6) is 0 Å². The Balaban J connectivity index is 0.00000220. The van der Waals surface area contributed by atoms with E-state index >= 15 is 0 Å². The molecule has 1 aliphatic rings. The van der Waals surface area contributed by atoms with Crippen LogP contribution in [-0.4, -0.2) is 52.1 Å². The fraction of sp³-hybridized carbons (Fsp3) is 0.769. The first-order valence-corrected chi connectivity index (χ1v) is 8.01. The van der Waals surface area contributed by atoms with E-state index in [0.717, 1.165) is 24.8 Å². The zero-order chi connectivity index (χ0) is 14.5. The molecule has 0 aromatic carbocycles. The van der Waals surface area contributed by atoms with Crippen LogP contribution < -0.4 is 5.32 Å². The van der Waals surface area contributed by atoms with Crippen molar-refractivity contribution in [1.82, 2.24) is 20.4 Å². The molecule has 2 rings (SSSR count). The Morgan fingerprint density at radius 3 is 2.90 bits per heavy atom. The Labute approximate surface area is 147 Å². The van der Waals surface area contributed by atoms with E-state index in [4.69, 9.17) is 4.52 Å². The van der Waals surface area contributed by atoms with Crippen LogP contribution in [0.2, 0.25) is 0 Å². The van der Waals surface area contributed by atoms with Crippen LogP contribution in [0.1, 0.15) is 25.6 Å². The monoisotopic (exact) mass is 425 g/mol. The molecule has 21 heavy (non-hydrogen) atoms. The molecule has 1 N–H and O–H groups in total. The standard InChI is InChI=1S/C13H23N5OS.HI/c1-9(2)11-8-18(5-6-20-11)13(14-4)15-7-12-16-10(3)19-17-12;/h9,11H,5-8H2,1-4H3,(H,14,15);1H. The predicted molar refractivity (Wildman–Crippen MR) is 97.3 cm³/mol. The number of rotatable bonds is 3. The van der Waals surface area contributed by atoms with Gasteiger partial charge in [0.1, 0.15) is 0 Å². The van der Waals surface area contributed by atoms with E-state index in [2.05, 4.69) is 51.0 Å². The van der Waals surface area contributed by atoms with Gasteiger partial charge in [-0.1, -0.05) is 19.0 Å². The van der Waals surface area contributed by atoms with Crippen LogP contribution in [0.15, 0.2) is 9.52 Å². The van der Waals surface area contributed by atoms with Crippen LogP contribution in [0, 0.1) is 12.8 Å². The van der Waals surface area contributed by atoms with Gasteiger partial charge in [-0.15, -0.1) is 24.0 Å². The molecule has 1 aromatic heterocycles. The molecule has 1 aromatic rings. The number of hydrogen-bond donors (Lipinski definition) is 1. The first kappa shape index (κ1) is 18.5. The summed E-state index contributed by atoms with van der Waals surface area (Å²) < 4.78 is 4.97. The Morgan fingerprint density at radius 1 is 1.57 bits per heavy atom. The van der Waals surface area contributed by atoms with Crippen molar-refractivity contribution in [3.8, 4) is 0 Å². The van der Waals surface area contributed by atoms with E-state index in [0.29, 0.717) is 29.4 Å². The van der Waals surface area contributed by atoms with Crippen LogP contribution in [0.4, 0.5) is 0 Å². The molecule has 8 heteroatoms. The van der Waals surface area contributed by atoms with Gasteiger partial charge in [-0.05, 0) is 5.92 Å². The summed E-state index contributed by atoms with van der Waals surface area (Å²) in [4.78, 5) is 10.9. The van der Waals surface area contributed by atoms with Crippen molar-refractivity contribution in [2.24, 2.45) is 10.9 Å². The summed E-state index contributed by atoms with van der Waals surface area (Å²) in [5, 5.41) is 7.86. The van der Waals surface area contributed by atoms with Crippen molar-refractivity contribution >= 4 is 41.7 Å². The smallest absolute Gasteiger partial charge is 0.223 e. The van der Waals surface area contributed by atoms with Gasteiger partial charge in [-0.25, -0.2) is 0 Å². The predicted octanol–water partition coefficient (Wildman–Crippen LogP) is 2.14. The molecule has 1 fully saturated rings. The second-order valence-corrected chi connectivity index (χ2v) is 6.58. The Hall–Kier alpha value is -0.510. The molecule has 0 radical (unpaired) electrons. The number of guanidine groups is 1. The van der Waals surface area contributed by atoms with Crippen molar-refractivity contribution in [3.05, 3.63) is 11.7 Å². The molecule has 1 aliphatic heterocycles. The lowest BCUT2D eigenvalue weighted by atomic mass is 10.1. The second kappa shape index (κ2) is 8.82. The molecular formula is C13H24IN5OS. The fourth-order valence-corrected chi connectivity index (χ4v) is 3.47. The lowest BCUT2D eigenvalue weighted by molar-refractivity contribution is 0.375. The molecule has 1 atom stereocenters. The molecular weight excluding hydrogens is 401 g/mol. The maximum absolute atomic E-state index is 4.97. The first-order valence-electron chi connectivity index (χ1n) is 6.96. The number of halogens is 1. The molecule has 0 amide bonds. The Bertz CT molecular complexity index is 465. The number of nitrogens with one attached hydrogen (secondary N) is 1. The minimum absolute atomic E-state index is 0. The average Bonchev–Trinajstić information content (AvgIpc) is 2.85. The van der Waals surface area contributed by atoms with Gasteiger partial charge in [-0.2, -0.15) is 16.7 Å². The lowest BCUT2D eigenvalue weighted by Gasteiger charge is -2.36. The minimum Gasteiger partial charge on any atom is -0.349 e. The van der Waals surface area contributed by atoms with Gasteiger partial charge in [0, 0.05) is 38.1 Å². The maximum Gasteiger partial charge on any atom is 0.223 e. The molecule has 0 aliphatic carbocycles. The highest BCUT2D eigenvalue weighted by molar-refractivity contribution is 14.0. The van der Waals surface area contributed by atoms with Crippen molar-refractivity contribution in [2.45, 2.75) is 32.6 Å². The van der Waals surface area contributed by atoms with Crippen LogP contribution in [-0.2, 0) is 6.54 Å². The average molecular weight is 425 g/mol. The number of thioether (sulfide) groups is 1. The summed E-state index contributed by atoms with van der Waals surface area (Å²) in [5.74, 6) is 3.99. The number of nitrogens with zero attached hydrogens (tertiary/aromatic N) is 4. The Kier molecular flexibility index (Phi) is 7.78. The van der Waals surface area contributed by atoms with E-state index in [9.17, 15) is 0 Å². The highest BCUT2D eigenvalue weighted by Crippen LogP contribution is 2.24. The van der Waals surface area contributed by atoms with Crippen molar-refractivity contribution in [1.29, 1.82) is 0 Å². The first-order chi connectivity index (χ1) is 9.60. The Morgan fingerprint density at radius 2 is 2.33 bits per heavy atom. The number of aliphatic imine (C=N–C) groups is 1. The summed E-state index contributed by atoms with van der Waals surface area (Å²) in [6.07, 6.45) is 0. The zero-order valence-corrected chi connectivity index (χ0v) is 16.1. The van der Waals surface area contributed by atoms with Gasteiger partial charge in [0.25, 0.3) is 0 Å². The third-order valence-corrected chi connectivity index (χ3v) is 4.86.